The second kappa shape index (κ2) is 7.10. The molecule has 0 aliphatic rings. The highest BCUT2D eigenvalue weighted by molar-refractivity contribution is 5.39. The van der Waals surface area contributed by atoms with E-state index in [1.54, 1.807) is 18.2 Å². The van der Waals surface area contributed by atoms with Crippen LogP contribution >= 0.6 is 0 Å². The van der Waals surface area contributed by atoms with E-state index < -0.39 is 12.6 Å². The Morgan fingerprint density at radius 3 is 2.39 bits per heavy atom. The molecule has 0 atom stereocenters. The Kier molecular flexibility index (Phi) is 5.77. The van der Waals surface area contributed by atoms with Crippen LogP contribution in [0.4, 0.5) is 13.2 Å². The molecule has 18 heavy (non-hydrogen) atoms. The van der Waals surface area contributed by atoms with Crippen LogP contribution in [0.25, 0.3) is 0 Å². The first-order chi connectivity index (χ1) is 8.53. The summed E-state index contributed by atoms with van der Waals surface area (Å²) >= 11 is 0. The molecule has 1 aromatic rings. The molecule has 102 valence electrons. The second-order valence-corrected chi connectivity index (χ2v) is 3.61. The average molecular weight is 263 g/mol. The van der Waals surface area contributed by atoms with Gasteiger partial charge < -0.3 is 14.8 Å². The van der Waals surface area contributed by atoms with Gasteiger partial charge in [0, 0.05) is 13.1 Å². The molecule has 0 amide bonds. The molecular weight excluding hydrogens is 247 g/mol. The molecular formula is C12H16F3NO2. The minimum atomic E-state index is -4.11. The van der Waals surface area contributed by atoms with Gasteiger partial charge in [-0.1, -0.05) is 12.1 Å². The van der Waals surface area contributed by atoms with Gasteiger partial charge >= 0.3 is 6.18 Å². The van der Waals surface area contributed by atoms with Gasteiger partial charge in [0.1, 0.15) is 6.61 Å². The molecule has 0 radical (unpaired) electrons. The maximum Gasteiger partial charge on any atom is 0.390 e. The number of halogens is 3. The van der Waals surface area contributed by atoms with Gasteiger partial charge in [-0.3, -0.25) is 0 Å². The average Bonchev–Trinajstić information content (AvgIpc) is 2.32. The third kappa shape index (κ3) is 5.77. The molecule has 6 heteroatoms. The Bertz CT molecular complexity index is 355. The van der Waals surface area contributed by atoms with Gasteiger partial charge in [-0.05, 0) is 12.1 Å². The lowest BCUT2D eigenvalue weighted by Crippen LogP contribution is -2.25. The van der Waals surface area contributed by atoms with Crippen LogP contribution in [-0.4, -0.2) is 33.0 Å². The number of hydrogen-bond donors (Lipinski definition) is 1. The lowest BCUT2D eigenvalue weighted by atomic mass is 10.3. The monoisotopic (exact) mass is 263 g/mol. The Morgan fingerprint density at radius 2 is 1.78 bits per heavy atom. The molecule has 0 aromatic heterocycles. The van der Waals surface area contributed by atoms with Crippen LogP contribution in [0.3, 0.4) is 0 Å². The maximum absolute atomic E-state index is 11.8. The van der Waals surface area contributed by atoms with E-state index in [-0.39, 0.29) is 13.2 Å². The number of para-hydroxylation sites is 2. The summed E-state index contributed by atoms with van der Waals surface area (Å²) in [4.78, 5) is 0. The van der Waals surface area contributed by atoms with E-state index in [2.05, 4.69) is 5.32 Å². The van der Waals surface area contributed by atoms with Crippen molar-refractivity contribution in [3.05, 3.63) is 24.3 Å². The van der Waals surface area contributed by atoms with Crippen molar-refractivity contribution in [2.45, 2.75) is 12.6 Å². The summed E-state index contributed by atoms with van der Waals surface area (Å²) in [6.07, 6.45) is -4.95. The summed E-state index contributed by atoms with van der Waals surface area (Å²) in [6, 6.07) is 7.11. The van der Waals surface area contributed by atoms with Crippen LogP contribution < -0.4 is 14.8 Å². The van der Waals surface area contributed by atoms with Gasteiger partial charge in [0.25, 0.3) is 0 Å². The highest BCUT2D eigenvalue weighted by atomic mass is 19.4. The van der Waals surface area contributed by atoms with E-state index in [4.69, 9.17) is 9.47 Å². The number of alkyl halides is 3. The summed E-state index contributed by atoms with van der Waals surface area (Å²) in [5, 5.41) is 2.66. The van der Waals surface area contributed by atoms with Crippen molar-refractivity contribution in [1.82, 2.24) is 5.32 Å². The van der Waals surface area contributed by atoms with Crippen LogP contribution in [0.15, 0.2) is 24.3 Å². The first-order valence-electron chi connectivity index (χ1n) is 5.56. The van der Waals surface area contributed by atoms with Gasteiger partial charge in [0.2, 0.25) is 0 Å². The van der Waals surface area contributed by atoms with Gasteiger partial charge in [-0.2, -0.15) is 13.2 Å². The number of rotatable bonds is 7. The topological polar surface area (TPSA) is 30.5 Å². The van der Waals surface area contributed by atoms with E-state index >= 15 is 0 Å². The molecule has 3 nitrogen and oxygen atoms in total. The minimum Gasteiger partial charge on any atom is -0.493 e. The fourth-order valence-corrected chi connectivity index (χ4v) is 1.33. The third-order valence-corrected chi connectivity index (χ3v) is 2.19. The van der Waals surface area contributed by atoms with Gasteiger partial charge in [0.15, 0.2) is 11.5 Å². The van der Waals surface area contributed by atoms with Crippen LogP contribution in [0.1, 0.15) is 6.42 Å². The Hall–Kier alpha value is -1.43. The lowest BCUT2D eigenvalue weighted by Gasteiger charge is -2.11. The van der Waals surface area contributed by atoms with Crippen LogP contribution in [-0.2, 0) is 0 Å². The highest BCUT2D eigenvalue weighted by Gasteiger charge is 2.25. The Balaban J connectivity index is 2.18. The Labute approximate surface area is 104 Å². The maximum atomic E-state index is 11.8. The van der Waals surface area contributed by atoms with Crippen molar-refractivity contribution < 1.29 is 22.6 Å². The van der Waals surface area contributed by atoms with Crippen molar-refractivity contribution in [3.63, 3.8) is 0 Å². The van der Waals surface area contributed by atoms with Crippen LogP contribution in [0.2, 0.25) is 0 Å². The first-order valence-corrected chi connectivity index (χ1v) is 5.56. The fourth-order valence-electron chi connectivity index (χ4n) is 1.33. The van der Waals surface area contributed by atoms with E-state index in [0.717, 1.165) is 0 Å². The van der Waals surface area contributed by atoms with Crippen molar-refractivity contribution in [3.8, 4) is 11.5 Å². The summed E-state index contributed by atoms with van der Waals surface area (Å²) in [5.41, 5.74) is 0. The number of nitrogens with one attached hydrogen (secondary N) is 1. The van der Waals surface area contributed by atoms with Crippen molar-refractivity contribution in [2.24, 2.45) is 0 Å². The molecule has 0 saturated carbocycles. The highest BCUT2D eigenvalue weighted by Crippen LogP contribution is 2.25. The first kappa shape index (κ1) is 14.6. The molecule has 0 unspecified atom stereocenters. The quantitative estimate of drug-likeness (QED) is 0.767. The van der Waals surface area contributed by atoms with E-state index in [0.29, 0.717) is 18.0 Å². The van der Waals surface area contributed by atoms with Gasteiger partial charge in [-0.25, -0.2) is 0 Å². The Morgan fingerprint density at radius 1 is 1.11 bits per heavy atom. The molecule has 1 rings (SSSR count). The summed E-state index contributed by atoms with van der Waals surface area (Å²) in [7, 11) is 1.53. The fraction of sp³-hybridized carbons (Fsp3) is 0.500. The normalized spacial score (nSPS) is 11.3. The molecule has 0 fully saturated rings. The predicted octanol–water partition coefficient (Wildman–Crippen LogP) is 2.62. The minimum absolute atomic E-state index is 0.0984. The third-order valence-electron chi connectivity index (χ3n) is 2.19. The smallest absolute Gasteiger partial charge is 0.390 e. The largest absolute Gasteiger partial charge is 0.493 e. The van der Waals surface area contributed by atoms with Gasteiger partial charge in [-0.15, -0.1) is 0 Å². The summed E-state index contributed by atoms with van der Waals surface area (Å²) < 4.78 is 46.0. The zero-order chi connectivity index (χ0) is 13.4. The molecule has 1 aromatic carbocycles. The second-order valence-electron chi connectivity index (χ2n) is 3.61. The van der Waals surface area contributed by atoms with E-state index in [1.807, 2.05) is 6.07 Å². The molecule has 0 aliphatic heterocycles. The number of benzene rings is 1. The lowest BCUT2D eigenvalue weighted by molar-refractivity contribution is -0.133. The summed E-state index contributed by atoms with van der Waals surface area (Å²) in [5.74, 6) is 1.19. The molecule has 0 bridgehead atoms. The number of hydrogen-bond acceptors (Lipinski definition) is 3. The SMILES string of the molecule is COc1ccccc1OCCNCCC(F)(F)F. The molecule has 0 aliphatic carbocycles. The predicted molar refractivity (Wildman–Crippen MR) is 62.0 cm³/mol. The molecule has 0 saturated heterocycles. The molecule has 0 heterocycles. The van der Waals surface area contributed by atoms with E-state index in [9.17, 15) is 13.2 Å². The standard InChI is InChI=1S/C12H16F3NO2/c1-17-10-4-2-3-5-11(10)18-9-8-16-7-6-12(13,14)15/h2-5,16H,6-9H2,1H3. The molecule has 1 N–H and O–H groups in total. The van der Waals surface area contributed by atoms with Crippen LogP contribution in [0.5, 0.6) is 11.5 Å². The molecule has 0 spiro atoms. The van der Waals surface area contributed by atoms with Crippen molar-refractivity contribution in [2.75, 3.05) is 26.8 Å². The number of methoxy groups -OCH3 is 1. The van der Waals surface area contributed by atoms with Gasteiger partial charge in [0.05, 0.1) is 13.5 Å². The number of ether oxygens (including phenoxy) is 2. The van der Waals surface area contributed by atoms with Crippen molar-refractivity contribution >= 4 is 0 Å². The zero-order valence-corrected chi connectivity index (χ0v) is 10.1. The van der Waals surface area contributed by atoms with Crippen LogP contribution in [0, 0.1) is 0 Å². The zero-order valence-electron chi connectivity index (χ0n) is 10.1. The summed E-state index contributed by atoms with van der Waals surface area (Å²) in [6.45, 7) is 0.547. The van der Waals surface area contributed by atoms with E-state index in [1.165, 1.54) is 7.11 Å². The van der Waals surface area contributed by atoms with Crippen molar-refractivity contribution in [1.29, 1.82) is 0 Å².